The van der Waals surface area contributed by atoms with Gasteiger partial charge in [0, 0.05) is 31.2 Å². The van der Waals surface area contributed by atoms with Crippen molar-refractivity contribution >= 4 is 46.1 Å². The third-order valence-corrected chi connectivity index (χ3v) is 14.8. The summed E-state index contributed by atoms with van der Waals surface area (Å²) in [6, 6.07) is 23.8. The predicted molar refractivity (Wildman–Crippen MR) is 251 cm³/mol. The van der Waals surface area contributed by atoms with Crippen molar-refractivity contribution in [3.63, 3.8) is 0 Å². The molecule has 4 fully saturated rings. The van der Waals surface area contributed by atoms with Crippen LogP contribution in [-0.2, 0) is 19.1 Å². The first-order valence-electron chi connectivity index (χ1n) is 24.1. The summed E-state index contributed by atoms with van der Waals surface area (Å²) in [7, 11) is 1.31. The number of aromatic nitrogens is 4. The molecule has 3 aromatic carbocycles. The lowest BCUT2D eigenvalue weighted by atomic mass is 9.80. The van der Waals surface area contributed by atoms with E-state index >= 15 is 0 Å². The number of hydrogen-bond acceptors (Lipinski definition) is 9. The Morgan fingerprint density at radius 2 is 1.27 bits per heavy atom. The number of aromatic amines is 2. The van der Waals surface area contributed by atoms with Gasteiger partial charge in [-0.1, -0.05) is 70.2 Å². The lowest BCUT2D eigenvalue weighted by Gasteiger charge is -2.41. The van der Waals surface area contributed by atoms with E-state index in [2.05, 4.69) is 86.9 Å². The molecule has 4 aliphatic rings. The van der Waals surface area contributed by atoms with Gasteiger partial charge in [0.05, 0.1) is 41.3 Å². The van der Waals surface area contributed by atoms with E-state index in [1.54, 1.807) is 4.90 Å². The van der Waals surface area contributed by atoms with Gasteiger partial charge in [-0.25, -0.2) is 19.6 Å². The molecule has 0 radical (unpaired) electrons. The highest BCUT2D eigenvalue weighted by atomic mass is 16.6. The van der Waals surface area contributed by atoms with Gasteiger partial charge in [0.15, 0.2) is 6.10 Å². The number of primary amides is 1. The lowest BCUT2D eigenvalue weighted by Crippen LogP contribution is -2.51. The number of fused-ring (bicyclic) bond motifs is 2. The van der Waals surface area contributed by atoms with Crippen LogP contribution in [0.4, 0.5) is 9.59 Å². The van der Waals surface area contributed by atoms with E-state index in [4.69, 9.17) is 25.2 Å². The van der Waals surface area contributed by atoms with Crippen molar-refractivity contribution in [3.05, 3.63) is 95.1 Å². The van der Waals surface area contributed by atoms with E-state index in [0.29, 0.717) is 25.0 Å². The molecule has 9 rings (SSSR count). The Morgan fingerprint density at radius 1 is 0.667 bits per heavy atom. The third kappa shape index (κ3) is 8.98. The van der Waals surface area contributed by atoms with Gasteiger partial charge in [0.1, 0.15) is 17.7 Å². The van der Waals surface area contributed by atoms with Crippen LogP contribution in [0, 0.1) is 11.8 Å². The molecule has 15 nitrogen and oxygen atoms in total. The van der Waals surface area contributed by atoms with Crippen molar-refractivity contribution in [1.82, 2.24) is 40.0 Å². The van der Waals surface area contributed by atoms with Crippen molar-refractivity contribution in [2.24, 2.45) is 17.6 Å². The van der Waals surface area contributed by atoms with Gasteiger partial charge in [-0.2, -0.15) is 0 Å². The summed E-state index contributed by atoms with van der Waals surface area (Å²) in [6.07, 6.45) is 7.18. The number of carbonyl (C=O) groups excluding carboxylic acids is 4. The molecule has 5 N–H and O–H groups in total. The van der Waals surface area contributed by atoms with Crippen LogP contribution in [-0.4, -0.2) is 97.0 Å². The largest absolute Gasteiger partial charge is 0.453 e. The molecule has 66 heavy (non-hydrogen) atoms. The number of rotatable bonds is 12. The fourth-order valence-corrected chi connectivity index (χ4v) is 11.5. The Kier molecular flexibility index (Phi) is 13.1. The van der Waals surface area contributed by atoms with Gasteiger partial charge in [-0.3, -0.25) is 14.5 Å². The number of likely N-dealkylation sites (tertiary alicyclic amines) is 3. The highest BCUT2D eigenvalue weighted by Crippen LogP contribution is 2.50. The molecule has 6 atom stereocenters. The summed E-state index contributed by atoms with van der Waals surface area (Å²) in [4.78, 5) is 75.4. The number of nitrogens with two attached hydrogens (primary N) is 1. The number of alkyl carbamates (subject to hydrolysis) is 1. The minimum atomic E-state index is -0.953. The molecule has 1 aliphatic carbocycles. The van der Waals surface area contributed by atoms with Crippen molar-refractivity contribution in [1.29, 1.82) is 0 Å². The summed E-state index contributed by atoms with van der Waals surface area (Å²) in [5.41, 5.74) is 12.9. The van der Waals surface area contributed by atoms with Gasteiger partial charge < -0.3 is 40.3 Å². The minimum Gasteiger partial charge on any atom is -0.453 e. The molecule has 1 saturated carbocycles. The monoisotopic (exact) mass is 900 g/mol. The number of imidazole rings is 2. The molecule has 3 saturated heterocycles. The molecular weight excluding hydrogens is 835 g/mol. The third-order valence-electron chi connectivity index (χ3n) is 14.8. The maximum atomic E-state index is 13.9. The van der Waals surface area contributed by atoms with Crippen LogP contribution >= 0.6 is 0 Å². The van der Waals surface area contributed by atoms with E-state index in [1.165, 1.54) is 23.8 Å². The highest BCUT2D eigenvalue weighted by Gasteiger charge is 2.43. The first kappa shape index (κ1) is 45.2. The number of benzene rings is 3. The van der Waals surface area contributed by atoms with Crippen LogP contribution < -0.4 is 11.1 Å². The minimum absolute atomic E-state index is 0.114. The molecule has 0 spiro atoms. The summed E-state index contributed by atoms with van der Waals surface area (Å²) in [6.45, 7) is 8.71. The average molecular weight is 900 g/mol. The summed E-state index contributed by atoms with van der Waals surface area (Å²) in [5.74, 6) is 1.35. The van der Waals surface area contributed by atoms with E-state index in [0.717, 1.165) is 97.9 Å². The predicted octanol–water partition coefficient (Wildman–Crippen LogP) is 8.87. The smallest absolute Gasteiger partial charge is 0.407 e. The molecule has 15 heteroatoms. The number of nitrogens with one attached hydrogen (secondary N) is 3. The van der Waals surface area contributed by atoms with E-state index in [1.807, 2.05) is 32.6 Å². The van der Waals surface area contributed by atoms with Crippen LogP contribution in [0.2, 0.25) is 0 Å². The van der Waals surface area contributed by atoms with E-state index in [9.17, 15) is 19.2 Å². The number of hydrogen-bond donors (Lipinski definition) is 4. The van der Waals surface area contributed by atoms with Crippen molar-refractivity contribution < 1.29 is 28.7 Å². The highest BCUT2D eigenvalue weighted by molar-refractivity contribution is 5.87. The Morgan fingerprint density at radius 3 is 1.89 bits per heavy atom. The SMILES string of the molecule is COC(=O)N[C@H](C(=O)N1CCC[C@H]1c1nc2cc([C@H]3CC[C@H](c4ccc5nc([C@@H]6CCCN6C(=O)C(OC(N)=O)C(C)C)[nH]c5c4)N3C3CCC(c4ccccc4)CC3)ccc2[nH]1)C(C)C. The van der Waals surface area contributed by atoms with Gasteiger partial charge in [0.25, 0.3) is 5.91 Å². The number of amides is 4. The van der Waals surface area contributed by atoms with Crippen molar-refractivity contribution in [3.8, 4) is 0 Å². The lowest BCUT2D eigenvalue weighted by molar-refractivity contribution is -0.143. The van der Waals surface area contributed by atoms with Gasteiger partial charge in [-0.15, -0.1) is 0 Å². The maximum absolute atomic E-state index is 13.9. The summed E-state index contributed by atoms with van der Waals surface area (Å²) in [5, 5.41) is 2.75. The summed E-state index contributed by atoms with van der Waals surface area (Å²) < 4.78 is 10.1. The van der Waals surface area contributed by atoms with E-state index < -0.39 is 24.3 Å². The molecule has 5 aromatic rings. The number of ether oxygens (including phenoxy) is 2. The normalized spacial score (nSPS) is 24.7. The molecule has 3 aliphatic heterocycles. The fourth-order valence-electron chi connectivity index (χ4n) is 11.5. The number of nitrogens with zero attached hydrogens (tertiary/aromatic N) is 5. The Labute approximate surface area is 386 Å². The Balaban J connectivity index is 0.992. The number of carbonyl (C=O) groups is 4. The molecule has 4 amide bonds. The number of methoxy groups -OCH3 is 1. The standard InChI is InChI=1S/C51H65N9O6/c1-29(2)44(57-51(64)65-5)48(61)58-25-9-13-42(58)46-53-36-21-17-33(27-38(36)55-46)40-23-24-41(60(40)35-19-15-32(16-20-35)31-11-7-6-8-12-31)34-18-22-37-39(28-34)56-47(54-37)43-14-10-26-59(43)49(62)45(30(3)4)66-50(52)63/h6-8,11-12,17-18,21-22,27-30,32,35,40-45H,9-10,13-16,19-20,23-26H2,1-5H3,(H2,52,63)(H,53,55)(H,54,56)(H,57,64)/t32?,35?,40-,41-,42+,43+,44+,45?/m1/s1. The second-order valence-electron chi connectivity index (χ2n) is 19.6. The second kappa shape index (κ2) is 19.1. The van der Waals surface area contributed by atoms with Crippen LogP contribution in [0.1, 0.15) is 150 Å². The van der Waals surface area contributed by atoms with Crippen LogP contribution in [0.5, 0.6) is 0 Å². The van der Waals surface area contributed by atoms with Crippen LogP contribution in [0.25, 0.3) is 22.1 Å². The second-order valence-corrected chi connectivity index (χ2v) is 19.6. The Hall–Kier alpha value is -5.96. The quantitative estimate of drug-likeness (QED) is 0.0947. The average Bonchev–Trinajstić information content (AvgIpc) is 4.18. The van der Waals surface area contributed by atoms with Gasteiger partial charge in [-0.05, 0) is 123 Å². The Bertz CT molecular complexity index is 2550. The first-order chi connectivity index (χ1) is 31.9. The summed E-state index contributed by atoms with van der Waals surface area (Å²) >= 11 is 0. The maximum Gasteiger partial charge on any atom is 0.407 e. The van der Waals surface area contributed by atoms with Crippen molar-refractivity contribution in [2.75, 3.05) is 20.2 Å². The zero-order valence-electron chi connectivity index (χ0n) is 38.9. The van der Waals surface area contributed by atoms with Crippen LogP contribution in [0.3, 0.4) is 0 Å². The van der Waals surface area contributed by atoms with Crippen LogP contribution in [0.15, 0.2) is 66.7 Å². The van der Waals surface area contributed by atoms with Gasteiger partial charge in [0.2, 0.25) is 5.91 Å². The van der Waals surface area contributed by atoms with Gasteiger partial charge >= 0.3 is 12.2 Å². The molecular formula is C51H65N9O6. The zero-order chi connectivity index (χ0) is 46.2. The van der Waals surface area contributed by atoms with Crippen molar-refractivity contribution in [2.45, 2.75) is 140 Å². The molecule has 0 bridgehead atoms. The first-order valence-corrected chi connectivity index (χ1v) is 24.1. The van der Waals surface area contributed by atoms with E-state index in [-0.39, 0.29) is 47.8 Å². The topological polar surface area (TPSA) is 192 Å². The zero-order valence-corrected chi connectivity index (χ0v) is 38.9. The molecule has 5 heterocycles. The molecule has 2 aromatic heterocycles. The number of H-pyrrole nitrogens is 2. The molecule has 1 unspecified atom stereocenters. The fraction of sp³-hybridized carbons (Fsp3) is 0.529. The molecule has 350 valence electrons.